The first kappa shape index (κ1) is 31.9. The standard InChI is InChI=1S/C15H16O2.C5H12O4.H4O5P2/c1-12(13-8-4-2-5-9-13)15(16,17)14-10-6-3-7-11-14;6-1-5(2-7,3-8)4-9;1-6(2)5-7(3)4/h2-12,16-17H,1H3;6-9H,1-4H2;1-4H. The summed E-state index contributed by atoms with van der Waals surface area (Å²) in [6.07, 6.45) is 0. The second-order valence-electron chi connectivity index (χ2n) is 6.94. The van der Waals surface area contributed by atoms with E-state index >= 15 is 0 Å². The molecule has 0 aromatic heterocycles. The molecule has 0 aliphatic rings. The molecule has 0 heterocycles. The summed E-state index contributed by atoms with van der Waals surface area (Å²) in [6, 6.07) is 18.4. The van der Waals surface area contributed by atoms with Crippen molar-refractivity contribution >= 4 is 17.2 Å². The fraction of sp³-hybridized carbons (Fsp3) is 0.400. The Bertz CT molecular complexity index is 706. The van der Waals surface area contributed by atoms with Gasteiger partial charge in [0, 0.05) is 11.5 Å². The van der Waals surface area contributed by atoms with Crippen LogP contribution in [0.1, 0.15) is 24.0 Å². The van der Waals surface area contributed by atoms with Crippen molar-refractivity contribution in [2.75, 3.05) is 26.4 Å². The smallest absolute Gasteiger partial charge is 0.334 e. The molecule has 10 N–H and O–H groups in total. The molecule has 11 nitrogen and oxygen atoms in total. The van der Waals surface area contributed by atoms with E-state index in [4.69, 9.17) is 40.0 Å². The van der Waals surface area contributed by atoms with E-state index in [-0.39, 0.29) is 5.92 Å². The third-order valence-electron chi connectivity index (χ3n) is 4.59. The van der Waals surface area contributed by atoms with E-state index in [1.807, 2.05) is 43.3 Å². The maximum Gasteiger partial charge on any atom is 0.334 e. The van der Waals surface area contributed by atoms with Gasteiger partial charge in [-0.15, -0.1) is 0 Å². The van der Waals surface area contributed by atoms with Gasteiger partial charge in [0.2, 0.25) is 0 Å². The van der Waals surface area contributed by atoms with Crippen molar-refractivity contribution in [3.63, 3.8) is 0 Å². The lowest BCUT2D eigenvalue weighted by molar-refractivity contribution is -0.185. The number of benzene rings is 2. The number of aliphatic hydroxyl groups is 6. The minimum atomic E-state index is -2.61. The lowest BCUT2D eigenvalue weighted by Gasteiger charge is -2.29. The molecule has 0 radical (unpaired) electrons. The van der Waals surface area contributed by atoms with Crippen molar-refractivity contribution in [3.05, 3.63) is 71.8 Å². The summed E-state index contributed by atoms with van der Waals surface area (Å²) in [5.41, 5.74) is 0.303. The number of hydrogen-bond acceptors (Lipinski definition) is 11. The van der Waals surface area contributed by atoms with Crippen molar-refractivity contribution in [2.45, 2.75) is 18.6 Å². The molecule has 188 valence electrons. The fourth-order valence-corrected chi connectivity index (χ4v) is 2.80. The minimum Gasteiger partial charge on any atom is -0.396 e. The molecule has 0 aliphatic heterocycles. The normalized spacial score (nSPS) is 12.5. The Morgan fingerprint density at radius 2 is 1.06 bits per heavy atom. The molecule has 1 atom stereocenters. The molecule has 2 aromatic rings. The van der Waals surface area contributed by atoms with Gasteiger partial charge in [-0.05, 0) is 5.56 Å². The molecule has 13 heteroatoms. The molecular weight excluding hydrogens is 478 g/mol. The van der Waals surface area contributed by atoms with Crippen LogP contribution < -0.4 is 0 Å². The molecule has 0 spiro atoms. The first-order valence-corrected chi connectivity index (χ1v) is 11.8. The van der Waals surface area contributed by atoms with Crippen LogP contribution in [0, 0.1) is 5.41 Å². The van der Waals surface area contributed by atoms with E-state index in [9.17, 15) is 10.2 Å². The molecule has 2 rings (SSSR count). The molecule has 2 aromatic carbocycles. The SMILES string of the molecule is CC(c1ccccc1)C(O)(O)c1ccccc1.OCC(CO)(CO)CO.OP(O)OP(O)O. The maximum absolute atomic E-state index is 10.3. The molecular formula is C20H32O11P2. The van der Waals surface area contributed by atoms with E-state index in [1.54, 1.807) is 24.3 Å². The van der Waals surface area contributed by atoms with Crippen LogP contribution in [0.3, 0.4) is 0 Å². The largest absolute Gasteiger partial charge is 0.396 e. The Hall–Kier alpha value is -1.14. The number of aliphatic hydroxyl groups excluding tert-OH is 4. The Kier molecular flexibility index (Phi) is 15.9. The van der Waals surface area contributed by atoms with Crippen LogP contribution in [0.5, 0.6) is 0 Å². The summed E-state index contributed by atoms with van der Waals surface area (Å²) in [5.74, 6) is -2.23. The average molecular weight is 510 g/mol. The van der Waals surface area contributed by atoms with Crippen LogP contribution >= 0.6 is 17.2 Å². The molecule has 33 heavy (non-hydrogen) atoms. The summed E-state index contributed by atoms with van der Waals surface area (Å²) in [7, 11) is -5.22. The molecule has 1 unspecified atom stereocenters. The van der Waals surface area contributed by atoms with Gasteiger partial charge in [-0.1, -0.05) is 67.6 Å². The zero-order chi connectivity index (χ0) is 25.5. The van der Waals surface area contributed by atoms with E-state index in [0.29, 0.717) is 5.56 Å². The maximum atomic E-state index is 10.3. The van der Waals surface area contributed by atoms with Crippen molar-refractivity contribution in [3.8, 4) is 0 Å². The zero-order valence-corrected chi connectivity index (χ0v) is 19.7. The predicted octanol–water partition coefficient (Wildman–Crippen LogP) is -0.00430. The second kappa shape index (κ2) is 16.5. The minimum absolute atomic E-state index is 0.383. The number of rotatable bonds is 9. The highest BCUT2D eigenvalue weighted by Crippen LogP contribution is 2.41. The summed E-state index contributed by atoms with van der Waals surface area (Å²) in [5, 5.41) is 54.5. The monoisotopic (exact) mass is 510 g/mol. The van der Waals surface area contributed by atoms with Gasteiger partial charge in [0.05, 0.1) is 31.8 Å². The first-order valence-electron chi connectivity index (χ1n) is 9.52. The highest BCUT2D eigenvalue weighted by molar-refractivity contribution is 7.53. The Balaban J connectivity index is 0.000000541. The van der Waals surface area contributed by atoms with Gasteiger partial charge in [-0.2, -0.15) is 0 Å². The Morgan fingerprint density at radius 1 is 0.697 bits per heavy atom. The quantitative estimate of drug-likeness (QED) is 0.160. The van der Waals surface area contributed by atoms with Gasteiger partial charge in [-0.3, -0.25) is 0 Å². The summed E-state index contributed by atoms with van der Waals surface area (Å²) in [6.45, 7) is 0.183. The van der Waals surface area contributed by atoms with Gasteiger partial charge >= 0.3 is 17.2 Å². The van der Waals surface area contributed by atoms with E-state index in [2.05, 4.69) is 4.31 Å². The highest BCUT2D eigenvalue weighted by atomic mass is 31.2. The second-order valence-corrected chi connectivity index (χ2v) is 8.61. The van der Waals surface area contributed by atoms with Gasteiger partial charge in [0.1, 0.15) is 0 Å². The predicted molar refractivity (Wildman–Crippen MR) is 122 cm³/mol. The van der Waals surface area contributed by atoms with Crippen molar-refractivity contribution in [1.82, 2.24) is 0 Å². The van der Waals surface area contributed by atoms with Crippen LogP contribution in [-0.4, -0.2) is 76.6 Å². The van der Waals surface area contributed by atoms with Crippen LogP contribution in [0.4, 0.5) is 0 Å². The first-order chi connectivity index (χ1) is 15.5. The molecule has 0 amide bonds. The summed E-state index contributed by atoms with van der Waals surface area (Å²) in [4.78, 5) is 31.3. The highest BCUT2D eigenvalue weighted by Gasteiger charge is 2.33. The zero-order valence-electron chi connectivity index (χ0n) is 18.0. The van der Waals surface area contributed by atoms with Crippen LogP contribution in [0.15, 0.2) is 60.7 Å². The molecule has 0 aliphatic carbocycles. The molecule has 0 fully saturated rings. The fourth-order valence-electron chi connectivity index (χ4n) is 2.27. The van der Waals surface area contributed by atoms with Crippen molar-refractivity contribution in [1.29, 1.82) is 0 Å². The van der Waals surface area contributed by atoms with Crippen LogP contribution in [-0.2, 0) is 10.1 Å². The molecule has 0 bridgehead atoms. The van der Waals surface area contributed by atoms with Gasteiger partial charge in [-0.25, -0.2) is 4.31 Å². The van der Waals surface area contributed by atoms with Crippen molar-refractivity contribution in [2.24, 2.45) is 5.41 Å². The number of hydrogen-bond donors (Lipinski definition) is 10. The van der Waals surface area contributed by atoms with Crippen LogP contribution in [0.2, 0.25) is 0 Å². The van der Waals surface area contributed by atoms with Gasteiger partial charge in [0.15, 0.2) is 5.79 Å². The average Bonchev–Trinajstić information content (AvgIpc) is 2.81. The Morgan fingerprint density at radius 3 is 1.33 bits per heavy atom. The van der Waals surface area contributed by atoms with Crippen molar-refractivity contribution < 1.29 is 54.5 Å². The van der Waals surface area contributed by atoms with Gasteiger partial charge in [0.25, 0.3) is 0 Å². The van der Waals surface area contributed by atoms with Crippen LogP contribution in [0.25, 0.3) is 0 Å². The third kappa shape index (κ3) is 11.7. The van der Waals surface area contributed by atoms with E-state index in [0.717, 1.165) is 5.56 Å². The molecule has 0 saturated heterocycles. The van der Waals surface area contributed by atoms with E-state index < -0.39 is 54.8 Å². The lowest BCUT2D eigenvalue weighted by Crippen LogP contribution is -2.37. The van der Waals surface area contributed by atoms with Gasteiger partial charge < -0.3 is 50.2 Å². The Labute approximate surface area is 194 Å². The topological polar surface area (TPSA) is 212 Å². The molecule has 0 saturated carbocycles. The third-order valence-corrected chi connectivity index (χ3v) is 5.76. The lowest BCUT2D eigenvalue weighted by atomic mass is 9.87. The van der Waals surface area contributed by atoms with E-state index in [1.165, 1.54) is 0 Å². The summed E-state index contributed by atoms with van der Waals surface area (Å²) >= 11 is 0. The summed E-state index contributed by atoms with van der Waals surface area (Å²) < 4.78 is 3.60.